The first-order chi connectivity index (χ1) is 8.97. The van der Waals surface area contributed by atoms with E-state index < -0.39 is 18.1 Å². The van der Waals surface area contributed by atoms with Gasteiger partial charge in [-0.1, -0.05) is 25.0 Å². The van der Waals surface area contributed by atoms with Gasteiger partial charge in [-0.15, -0.1) is 0 Å². The number of hydrogen-bond acceptors (Lipinski definition) is 2. The van der Waals surface area contributed by atoms with Gasteiger partial charge < -0.3 is 10.4 Å². The van der Waals surface area contributed by atoms with Crippen molar-refractivity contribution in [3.8, 4) is 5.75 Å². The number of rotatable bonds is 3. The lowest BCUT2D eigenvalue weighted by Crippen LogP contribution is -2.45. The van der Waals surface area contributed by atoms with E-state index in [9.17, 15) is 13.2 Å². The smallest absolute Gasteiger partial charge is 0.393 e. The molecular formula is C14H18F3NO. The first-order valence-electron chi connectivity index (χ1n) is 6.55. The van der Waals surface area contributed by atoms with Crippen LogP contribution in [0.2, 0.25) is 0 Å². The summed E-state index contributed by atoms with van der Waals surface area (Å²) < 4.78 is 38.7. The quantitative estimate of drug-likeness (QED) is 0.882. The van der Waals surface area contributed by atoms with Gasteiger partial charge >= 0.3 is 6.18 Å². The Hall–Kier alpha value is -1.23. The Morgan fingerprint density at radius 2 is 1.74 bits per heavy atom. The second kappa shape index (κ2) is 5.82. The Morgan fingerprint density at radius 3 is 2.37 bits per heavy atom. The maximum Gasteiger partial charge on any atom is 0.393 e. The van der Waals surface area contributed by atoms with Crippen molar-refractivity contribution in [3.05, 3.63) is 29.8 Å². The van der Waals surface area contributed by atoms with E-state index in [1.54, 1.807) is 24.3 Å². The predicted molar refractivity (Wildman–Crippen MR) is 66.7 cm³/mol. The summed E-state index contributed by atoms with van der Waals surface area (Å²) >= 11 is 0. The van der Waals surface area contributed by atoms with Crippen molar-refractivity contribution in [1.82, 2.24) is 5.32 Å². The number of hydrogen-bond donors (Lipinski definition) is 2. The average Bonchev–Trinajstić information content (AvgIpc) is 2.37. The standard InChI is InChI=1S/C14H18F3NO/c15-14(16,17)12-3-1-2-4-13(12)18-9-10-5-7-11(19)8-6-10/h5-8,12-13,18-19H,1-4,9H2. The van der Waals surface area contributed by atoms with Crippen molar-refractivity contribution >= 4 is 0 Å². The van der Waals surface area contributed by atoms with Crippen molar-refractivity contribution in [2.75, 3.05) is 0 Å². The second-order valence-electron chi connectivity index (χ2n) is 5.09. The largest absolute Gasteiger partial charge is 0.508 e. The van der Waals surface area contributed by atoms with E-state index in [-0.39, 0.29) is 12.2 Å². The maximum absolute atomic E-state index is 12.9. The normalized spacial score (nSPS) is 24.4. The topological polar surface area (TPSA) is 32.3 Å². The van der Waals surface area contributed by atoms with E-state index in [1.165, 1.54) is 0 Å². The Bertz CT molecular complexity index is 402. The molecule has 1 aliphatic rings. The van der Waals surface area contributed by atoms with Gasteiger partial charge in [0.15, 0.2) is 0 Å². The molecular weight excluding hydrogens is 255 g/mol. The van der Waals surface area contributed by atoms with E-state index in [2.05, 4.69) is 5.32 Å². The minimum atomic E-state index is -4.12. The molecule has 2 unspecified atom stereocenters. The first kappa shape index (κ1) is 14.2. The molecule has 0 amide bonds. The van der Waals surface area contributed by atoms with Gasteiger partial charge in [-0.05, 0) is 30.5 Å². The molecule has 1 aromatic carbocycles. The SMILES string of the molecule is Oc1ccc(CNC2CCCCC2C(F)(F)F)cc1. The van der Waals surface area contributed by atoms with Crippen molar-refractivity contribution in [1.29, 1.82) is 0 Å². The number of aromatic hydroxyl groups is 1. The summed E-state index contributed by atoms with van der Waals surface area (Å²) in [5.74, 6) is -1.08. The Kier molecular flexibility index (Phi) is 4.34. The molecule has 19 heavy (non-hydrogen) atoms. The van der Waals surface area contributed by atoms with Crippen LogP contribution in [0.3, 0.4) is 0 Å². The highest BCUT2D eigenvalue weighted by Crippen LogP contribution is 2.37. The van der Waals surface area contributed by atoms with Crippen LogP contribution in [-0.2, 0) is 6.54 Å². The van der Waals surface area contributed by atoms with E-state index in [4.69, 9.17) is 5.11 Å². The molecule has 2 nitrogen and oxygen atoms in total. The lowest BCUT2D eigenvalue weighted by Gasteiger charge is -2.33. The molecule has 1 fully saturated rings. The Balaban J connectivity index is 1.94. The highest BCUT2D eigenvalue weighted by Gasteiger charge is 2.45. The number of benzene rings is 1. The molecule has 0 bridgehead atoms. The van der Waals surface area contributed by atoms with Crippen LogP contribution in [-0.4, -0.2) is 17.3 Å². The molecule has 2 N–H and O–H groups in total. The summed E-state index contributed by atoms with van der Waals surface area (Å²) in [7, 11) is 0. The van der Waals surface area contributed by atoms with Crippen molar-refractivity contribution in [2.24, 2.45) is 5.92 Å². The molecule has 0 radical (unpaired) electrons. The molecule has 1 aromatic rings. The number of nitrogens with one attached hydrogen (secondary N) is 1. The molecule has 1 saturated carbocycles. The van der Waals surface area contributed by atoms with Crippen LogP contribution in [0.4, 0.5) is 13.2 Å². The third kappa shape index (κ3) is 3.86. The minimum Gasteiger partial charge on any atom is -0.508 e. The van der Waals surface area contributed by atoms with Gasteiger partial charge in [-0.3, -0.25) is 0 Å². The summed E-state index contributed by atoms with van der Waals surface area (Å²) in [4.78, 5) is 0. The summed E-state index contributed by atoms with van der Waals surface area (Å²) in [6, 6.07) is 6.02. The molecule has 0 aliphatic heterocycles. The van der Waals surface area contributed by atoms with Crippen LogP contribution in [0.25, 0.3) is 0 Å². The van der Waals surface area contributed by atoms with Crippen LogP contribution in [0.15, 0.2) is 24.3 Å². The van der Waals surface area contributed by atoms with Gasteiger partial charge in [-0.25, -0.2) is 0 Å². The van der Waals surface area contributed by atoms with Crippen LogP contribution in [0.5, 0.6) is 5.75 Å². The number of phenols is 1. The number of alkyl halides is 3. The Morgan fingerprint density at radius 1 is 1.11 bits per heavy atom. The van der Waals surface area contributed by atoms with E-state index in [0.29, 0.717) is 19.4 Å². The highest BCUT2D eigenvalue weighted by atomic mass is 19.4. The van der Waals surface area contributed by atoms with Crippen molar-refractivity contribution in [3.63, 3.8) is 0 Å². The van der Waals surface area contributed by atoms with Crippen molar-refractivity contribution < 1.29 is 18.3 Å². The molecule has 0 aromatic heterocycles. The number of halogens is 3. The average molecular weight is 273 g/mol. The van der Waals surface area contributed by atoms with Crippen LogP contribution in [0, 0.1) is 5.92 Å². The molecule has 0 saturated heterocycles. The van der Waals surface area contributed by atoms with E-state index >= 15 is 0 Å². The summed E-state index contributed by atoms with van der Waals surface area (Å²) in [6.45, 7) is 0.400. The molecule has 2 rings (SSSR count). The zero-order valence-corrected chi connectivity index (χ0v) is 10.6. The first-order valence-corrected chi connectivity index (χ1v) is 6.55. The van der Waals surface area contributed by atoms with Crippen LogP contribution in [0.1, 0.15) is 31.2 Å². The minimum absolute atomic E-state index is 0.162. The zero-order chi connectivity index (χ0) is 13.9. The fraction of sp³-hybridized carbons (Fsp3) is 0.571. The molecule has 5 heteroatoms. The monoisotopic (exact) mass is 273 g/mol. The van der Waals surface area contributed by atoms with Gasteiger partial charge in [0.2, 0.25) is 0 Å². The van der Waals surface area contributed by atoms with Gasteiger partial charge in [0.1, 0.15) is 5.75 Å². The third-order valence-electron chi connectivity index (χ3n) is 3.69. The van der Waals surface area contributed by atoms with Crippen LogP contribution < -0.4 is 5.32 Å². The highest BCUT2D eigenvalue weighted by molar-refractivity contribution is 5.25. The van der Waals surface area contributed by atoms with Gasteiger partial charge in [0, 0.05) is 12.6 Å². The molecule has 106 valence electrons. The zero-order valence-electron chi connectivity index (χ0n) is 10.6. The lowest BCUT2D eigenvalue weighted by molar-refractivity contribution is -0.189. The van der Waals surface area contributed by atoms with Crippen LogP contribution >= 0.6 is 0 Å². The lowest BCUT2D eigenvalue weighted by atomic mass is 9.84. The second-order valence-corrected chi connectivity index (χ2v) is 5.09. The fourth-order valence-corrected chi connectivity index (χ4v) is 2.63. The molecule has 2 atom stereocenters. The maximum atomic E-state index is 12.9. The predicted octanol–water partition coefficient (Wildman–Crippen LogP) is 3.60. The summed E-state index contributed by atoms with van der Waals surface area (Å²) in [5, 5.41) is 12.2. The third-order valence-corrected chi connectivity index (χ3v) is 3.69. The molecule has 0 heterocycles. The van der Waals surface area contributed by atoms with Gasteiger partial charge in [-0.2, -0.15) is 13.2 Å². The van der Waals surface area contributed by atoms with E-state index in [0.717, 1.165) is 12.0 Å². The van der Waals surface area contributed by atoms with Gasteiger partial charge in [0.05, 0.1) is 5.92 Å². The van der Waals surface area contributed by atoms with Crippen molar-refractivity contribution in [2.45, 2.75) is 44.4 Å². The molecule has 0 spiro atoms. The number of phenolic OH excluding ortho intramolecular Hbond substituents is 1. The fourth-order valence-electron chi connectivity index (χ4n) is 2.63. The van der Waals surface area contributed by atoms with E-state index in [1.807, 2.05) is 0 Å². The molecule has 1 aliphatic carbocycles. The summed E-state index contributed by atoms with van der Waals surface area (Å²) in [5.41, 5.74) is 0.879. The summed E-state index contributed by atoms with van der Waals surface area (Å²) in [6.07, 6.45) is -1.83. The Labute approximate surface area is 110 Å². The van der Waals surface area contributed by atoms with Gasteiger partial charge in [0.25, 0.3) is 0 Å².